The minimum Gasteiger partial charge on any atom is -0.508 e. The third-order valence-corrected chi connectivity index (χ3v) is 9.40. The van der Waals surface area contributed by atoms with Gasteiger partial charge >= 0.3 is 5.97 Å². The Labute approximate surface area is 288 Å². The number of esters is 1. The van der Waals surface area contributed by atoms with Gasteiger partial charge < -0.3 is 55.2 Å². The second kappa shape index (κ2) is 18.4. The summed E-state index contributed by atoms with van der Waals surface area (Å²) >= 11 is 0.900. The zero-order chi connectivity index (χ0) is 35.5. The maximum absolute atomic E-state index is 13.2. The van der Waals surface area contributed by atoms with Crippen molar-refractivity contribution in [3.63, 3.8) is 0 Å². The van der Waals surface area contributed by atoms with Gasteiger partial charge in [-0.05, 0) is 50.3 Å². The van der Waals surface area contributed by atoms with E-state index in [1.165, 1.54) is 6.07 Å². The number of carbonyl (C=O) groups excluding carboxylic acids is 3. The van der Waals surface area contributed by atoms with E-state index in [-0.39, 0.29) is 60.1 Å². The summed E-state index contributed by atoms with van der Waals surface area (Å²) in [6.07, 6.45) is 3.85. The van der Waals surface area contributed by atoms with Gasteiger partial charge in [0.05, 0.1) is 24.1 Å². The van der Waals surface area contributed by atoms with Crippen LogP contribution in [0, 0.1) is 0 Å². The number of rotatable bonds is 8. The van der Waals surface area contributed by atoms with Crippen LogP contribution in [0.1, 0.15) is 54.9 Å². The molecule has 0 aromatic heterocycles. The number of aromatic hydroxyl groups is 2. The molecule has 15 nitrogen and oxygen atoms in total. The molecule has 49 heavy (non-hydrogen) atoms. The molecule has 7 atom stereocenters. The monoisotopic (exact) mass is 707 g/mol. The summed E-state index contributed by atoms with van der Waals surface area (Å²) in [7, 11) is 0. The van der Waals surface area contributed by atoms with Gasteiger partial charge in [-0.15, -0.1) is 11.8 Å². The number of thioether (sulfide) groups is 1. The number of ether oxygens (including phenoxy) is 2. The number of oxime groups is 1. The first-order valence-corrected chi connectivity index (χ1v) is 17.3. The van der Waals surface area contributed by atoms with Crippen molar-refractivity contribution in [2.45, 2.75) is 87.4 Å². The molecule has 1 aromatic carbocycles. The van der Waals surface area contributed by atoms with E-state index in [2.05, 4.69) is 10.5 Å². The Kier molecular flexibility index (Phi) is 14.3. The van der Waals surface area contributed by atoms with Crippen LogP contribution in [0.3, 0.4) is 0 Å². The van der Waals surface area contributed by atoms with Crippen LogP contribution in [0.5, 0.6) is 11.5 Å². The molecule has 16 heteroatoms. The van der Waals surface area contributed by atoms with Gasteiger partial charge in [0, 0.05) is 32.0 Å². The largest absolute Gasteiger partial charge is 0.508 e. The van der Waals surface area contributed by atoms with E-state index in [4.69, 9.17) is 14.3 Å². The lowest BCUT2D eigenvalue weighted by molar-refractivity contribution is -0.205. The van der Waals surface area contributed by atoms with Crippen molar-refractivity contribution in [3.8, 4) is 11.5 Å². The number of piperidine rings is 1. The molecule has 0 bridgehead atoms. The van der Waals surface area contributed by atoms with E-state index >= 15 is 0 Å². The van der Waals surface area contributed by atoms with Gasteiger partial charge in [0.25, 0.3) is 5.91 Å². The van der Waals surface area contributed by atoms with Crippen LogP contribution in [-0.2, 0) is 30.3 Å². The third-order valence-electron chi connectivity index (χ3n) is 8.26. The number of allylic oxidation sites excluding steroid dienone is 1. The Balaban J connectivity index is 1.50. The maximum Gasteiger partial charge on any atom is 0.342 e. The van der Waals surface area contributed by atoms with Crippen LogP contribution in [0.25, 0.3) is 0 Å². The fourth-order valence-electron chi connectivity index (χ4n) is 5.64. The molecule has 2 unspecified atom stereocenters. The lowest BCUT2D eigenvalue weighted by Gasteiger charge is -2.39. The smallest absolute Gasteiger partial charge is 0.342 e. The average molecular weight is 708 g/mol. The fraction of sp³-hybridized carbons (Fsp3) is 0.576. The molecule has 7 N–H and O–H groups in total. The number of cyclic esters (lactones) is 1. The molecule has 0 spiro atoms. The minimum absolute atomic E-state index is 0.0855. The van der Waals surface area contributed by atoms with Crippen molar-refractivity contribution in [2.24, 2.45) is 5.16 Å². The first-order chi connectivity index (χ1) is 23.5. The molecule has 4 rings (SSSR count). The summed E-state index contributed by atoms with van der Waals surface area (Å²) in [6.45, 7) is 2.07. The molecular weight excluding hydrogens is 662 g/mol. The highest BCUT2D eigenvalue weighted by atomic mass is 32.2. The van der Waals surface area contributed by atoms with E-state index in [0.717, 1.165) is 37.1 Å². The van der Waals surface area contributed by atoms with E-state index in [9.17, 15) is 45.0 Å². The number of aliphatic hydroxyl groups is 4. The van der Waals surface area contributed by atoms with E-state index in [1.807, 2.05) is 0 Å². The molecule has 0 aliphatic carbocycles. The minimum atomic E-state index is -1.56. The average Bonchev–Trinajstić information content (AvgIpc) is 3.06. The van der Waals surface area contributed by atoms with Gasteiger partial charge in [0.1, 0.15) is 53.0 Å². The summed E-state index contributed by atoms with van der Waals surface area (Å²) in [5.74, 6) is -2.39. The SMILES string of the molecule is C[C@@H]1C/C=C/[C@@H](NC(=O)CS[C@@H]2OC(CO)[C@@H](O)C(O)[C@@H]2O)C/C=C/C(=N/OCC(=O)N2CCCCC2)Cc2cc(O)cc(O)c2C(=O)O1. The van der Waals surface area contributed by atoms with E-state index in [0.29, 0.717) is 13.1 Å². The number of phenolic OH excluding ortho intramolecular Hbond substituents is 2. The lowest BCUT2D eigenvalue weighted by atomic mass is 9.99. The zero-order valence-electron chi connectivity index (χ0n) is 27.2. The number of nitrogens with zero attached hydrogens (tertiary/aromatic N) is 2. The van der Waals surface area contributed by atoms with Crippen LogP contribution in [-0.4, -0.2) is 133 Å². The van der Waals surface area contributed by atoms with Gasteiger partial charge in [0.2, 0.25) is 5.91 Å². The predicted octanol–water partition coefficient (Wildman–Crippen LogP) is 0.495. The number of nitrogens with one attached hydrogen (secondary N) is 1. The van der Waals surface area contributed by atoms with Crippen LogP contribution < -0.4 is 5.32 Å². The highest BCUT2D eigenvalue weighted by Crippen LogP contribution is 2.30. The number of carbonyl (C=O) groups is 3. The van der Waals surface area contributed by atoms with Crippen molar-refractivity contribution < 1.29 is 59.3 Å². The molecule has 0 saturated carbocycles. The second-order valence-electron chi connectivity index (χ2n) is 12.2. The number of aliphatic hydroxyl groups excluding tert-OH is 4. The molecule has 2 fully saturated rings. The predicted molar refractivity (Wildman–Crippen MR) is 178 cm³/mol. The molecular formula is C33H45N3O12S. The number of likely N-dealkylation sites (tertiary alicyclic amines) is 1. The highest BCUT2D eigenvalue weighted by molar-refractivity contribution is 8.00. The molecule has 0 radical (unpaired) electrons. The quantitative estimate of drug-likeness (QED) is 0.111. The number of hydrogen-bond acceptors (Lipinski definition) is 14. The molecule has 2 amide bonds. The molecule has 1 aromatic rings. The van der Waals surface area contributed by atoms with Gasteiger partial charge in [-0.1, -0.05) is 23.4 Å². The van der Waals surface area contributed by atoms with Crippen molar-refractivity contribution in [1.29, 1.82) is 0 Å². The highest BCUT2D eigenvalue weighted by Gasteiger charge is 2.43. The van der Waals surface area contributed by atoms with Gasteiger partial charge in [-0.3, -0.25) is 9.59 Å². The van der Waals surface area contributed by atoms with Crippen LogP contribution in [0.15, 0.2) is 41.6 Å². The molecule has 3 heterocycles. The zero-order valence-corrected chi connectivity index (χ0v) is 28.0. The summed E-state index contributed by atoms with van der Waals surface area (Å²) in [5.41, 5.74) is -0.744. The fourth-order valence-corrected chi connectivity index (χ4v) is 6.62. The third kappa shape index (κ3) is 10.9. The van der Waals surface area contributed by atoms with Gasteiger partial charge in [0.15, 0.2) is 6.61 Å². The van der Waals surface area contributed by atoms with Crippen molar-refractivity contribution in [3.05, 3.63) is 47.6 Å². The van der Waals surface area contributed by atoms with Gasteiger partial charge in [-0.25, -0.2) is 4.79 Å². The number of phenols is 2. The first kappa shape index (κ1) is 38.1. The van der Waals surface area contributed by atoms with Crippen molar-refractivity contribution >= 4 is 35.3 Å². The normalized spacial score (nSPS) is 30.4. The number of hydrogen-bond donors (Lipinski definition) is 7. The Bertz CT molecular complexity index is 1400. The molecule has 270 valence electrons. The molecule has 2 saturated heterocycles. The van der Waals surface area contributed by atoms with Crippen molar-refractivity contribution in [2.75, 3.05) is 32.1 Å². The Morgan fingerprint density at radius 1 is 1.06 bits per heavy atom. The van der Waals surface area contributed by atoms with E-state index < -0.39 is 66.2 Å². The maximum atomic E-state index is 13.2. The van der Waals surface area contributed by atoms with Crippen LogP contribution in [0.4, 0.5) is 0 Å². The van der Waals surface area contributed by atoms with Crippen LogP contribution >= 0.6 is 11.8 Å². The Morgan fingerprint density at radius 2 is 1.82 bits per heavy atom. The summed E-state index contributed by atoms with van der Waals surface area (Å²) in [6, 6.07) is 1.80. The van der Waals surface area contributed by atoms with Crippen molar-refractivity contribution in [1.82, 2.24) is 10.2 Å². The first-order valence-electron chi connectivity index (χ1n) is 16.2. The van der Waals surface area contributed by atoms with Crippen LogP contribution in [0.2, 0.25) is 0 Å². The lowest BCUT2D eigenvalue weighted by Crippen LogP contribution is -2.57. The number of fused-ring (bicyclic) bond motifs is 1. The van der Waals surface area contributed by atoms with E-state index in [1.54, 1.807) is 36.1 Å². The standard InChI is InChI=1S/C33H45N3O12S/c1-19-7-5-8-21(34-26(40)18-49-33-31(44)30(43)29(42)25(16-37)48-33)9-6-10-22(35-46-17-27(41)36-11-3-2-4-12-36)13-20-14-23(38)15-24(39)28(20)32(45)47-19/h5-6,8,10,14-15,19,21,25,29-31,33,37-39,42-44H,2-4,7,9,11-13,16-18H2,1H3,(H,34,40)/b8-5+,10-6+,35-22-/t19-,21-,25?,29-,30?,31+,33+/m1/s1. The summed E-state index contributed by atoms with van der Waals surface area (Å²) in [4.78, 5) is 45.9. The summed E-state index contributed by atoms with van der Waals surface area (Å²) < 4.78 is 11.0. The topological polar surface area (TPSA) is 228 Å². The number of amides is 2. The molecule has 3 aliphatic heterocycles. The Hall–Kier alpha value is -3.67. The Morgan fingerprint density at radius 3 is 2.55 bits per heavy atom. The second-order valence-corrected chi connectivity index (χ2v) is 13.3. The molecule has 3 aliphatic rings. The number of benzene rings is 1. The van der Waals surface area contributed by atoms with Gasteiger partial charge in [-0.2, -0.15) is 0 Å². The summed E-state index contributed by atoms with van der Waals surface area (Å²) in [5, 5.41) is 67.6.